The van der Waals surface area contributed by atoms with E-state index in [0.717, 1.165) is 5.56 Å². The zero-order valence-electron chi connectivity index (χ0n) is 24.4. The van der Waals surface area contributed by atoms with Gasteiger partial charge in [0.25, 0.3) is 10.1 Å². The maximum absolute atomic E-state index is 16.0. The summed E-state index contributed by atoms with van der Waals surface area (Å²) >= 11 is 14.9. The first-order chi connectivity index (χ1) is 19.4. The molecule has 1 aliphatic heterocycles. The molecule has 0 radical (unpaired) electrons. The van der Waals surface area contributed by atoms with Crippen molar-refractivity contribution in [1.82, 2.24) is 0 Å². The summed E-state index contributed by atoms with van der Waals surface area (Å²) in [4.78, 5) is 25.4. The average Bonchev–Trinajstić information content (AvgIpc) is 3.31. The van der Waals surface area contributed by atoms with E-state index >= 15 is 4.39 Å². The van der Waals surface area contributed by atoms with Crippen LogP contribution in [0.15, 0.2) is 40.8 Å². The number of alkyl halides is 3. The van der Waals surface area contributed by atoms with Crippen LogP contribution in [-0.4, -0.2) is 60.5 Å². The Hall–Kier alpha value is -1.36. The van der Waals surface area contributed by atoms with Gasteiger partial charge in [-0.1, -0.05) is 31.5 Å². The topological polar surface area (TPSA) is 96.0 Å². The van der Waals surface area contributed by atoms with Crippen molar-refractivity contribution in [3.8, 4) is 0 Å². The number of ketones is 2. The lowest BCUT2D eigenvalue weighted by Crippen LogP contribution is -2.70. The highest BCUT2D eigenvalue weighted by Crippen LogP contribution is 2.74. The minimum Gasteiger partial charge on any atom is -0.344 e. The van der Waals surface area contributed by atoms with Crippen molar-refractivity contribution in [2.24, 2.45) is 22.7 Å². The molecular weight excluding hydrogens is 606 g/mol. The third-order valence-electron chi connectivity index (χ3n) is 11.0. The standard InChI is InChI=1S/C31H37Cl2FO7S/c1-17-6-8-19(9-7-17)42(37,38)39-16-25(36)31-26(40-27(2,3)41-31)14-20-21-13-23(34)22-12-18(35)10-11-28(22,4)30(21,33)24(32)15-29(20,31)5/h6-9,12,20-21,23-24,26H,10-11,13-16H2,1-5H3/t20-,21-,23-,24-,26+,28-,29-,30-,31+/m0/s1. The van der Waals surface area contributed by atoms with Crippen LogP contribution in [0.5, 0.6) is 0 Å². The predicted molar refractivity (Wildman–Crippen MR) is 155 cm³/mol. The zero-order chi connectivity index (χ0) is 30.7. The quantitative estimate of drug-likeness (QED) is 0.295. The molecule has 3 saturated carbocycles. The molecule has 4 aliphatic carbocycles. The van der Waals surface area contributed by atoms with Crippen molar-refractivity contribution in [2.75, 3.05) is 6.61 Å². The van der Waals surface area contributed by atoms with Crippen LogP contribution in [-0.2, 0) is 33.4 Å². The largest absolute Gasteiger partial charge is 0.344 e. The Bertz CT molecular complexity index is 1480. The Kier molecular flexibility index (Phi) is 6.99. The summed E-state index contributed by atoms with van der Waals surface area (Å²) in [6.45, 7) is 8.33. The maximum atomic E-state index is 16.0. The molecule has 0 spiro atoms. The van der Waals surface area contributed by atoms with Crippen LogP contribution < -0.4 is 0 Å². The van der Waals surface area contributed by atoms with Gasteiger partial charge in [0, 0.05) is 17.3 Å². The lowest BCUT2D eigenvalue weighted by molar-refractivity contribution is -0.214. The number of hydrogen-bond acceptors (Lipinski definition) is 7. The molecule has 9 atom stereocenters. The van der Waals surface area contributed by atoms with E-state index in [4.69, 9.17) is 36.9 Å². The minimum absolute atomic E-state index is 0.0559. The molecule has 11 heteroatoms. The van der Waals surface area contributed by atoms with Gasteiger partial charge in [-0.15, -0.1) is 23.2 Å². The second kappa shape index (κ2) is 9.57. The number of carbonyl (C=O) groups excluding carboxylic acids is 2. The Labute approximate surface area is 256 Å². The molecule has 230 valence electrons. The first-order valence-electron chi connectivity index (χ1n) is 14.5. The van der Waals surface area contributed by atoms with E-state index in [2.05, 4.69) is 0 Å². The summed E-state index contributed by atoms with van der Waals surface area (Å²) in [6, 6.07) is 6.16. The molecule has 1 aromatic carbocycles. The monoisotopic (exact) mass is 642 g/mol. The molecule has 0 bridgehead atoms. The van der Waals surface area contributed by atoms with Gasteiger partial charge in [-0.2, -0.15) is 8.42 Å². The number of benzene rings is 1. The number of allylic oxidation sites excluding steroid dienone is 1. The van der Waals surface area contributed by atoms with E-state index in [9.17, 15) is 18.0 Å². The molecule has 0 aromatic heterocycles. The third kappa shape index (κ3) is 4.02. The van der Waals surface area contributed by atoms with Crippen molar-refractivity contribution in [3.63, 3.8) is 0 Å². The molecule has 1 saturated heterocycles. The highest BCUT2D eigenvalue weighted by Gasteiger charge is 2.80. The number of rotatable bonds is 5. The predicted octanol–water partition coefficient (Wildman–Crippen LogP) is 5.83. The first-order valence-corrected chi connectivity index (χ1v) is 16.7. The Morgan fingerprint density at radius 2 is 1.79 bits per heavy atom. The average molecular weight is 644 g/mol. The molecule has 4 fully saturated rings. The molecule has 42 heavy (non-hydrogen) atoms. The summed E-state index contributed by atoms with van der Waals surface area (Å²) in [5.41, 5.74) is -2.10. The van der Waals surface area contributed by atoms with Gasteiger partial charge in [-0.3, -0.25) is 13.8 Å². The van der Waals surface area contributed by atoms with Gasteiger partial charge >= 0.3 is 0 Å². The Morgan fingerprint density at radius 3 is 2.45 bits per heavy atom. The summed E-state index contributed by atoms with van der Waals surface area (Å²) < 4.78 is 60.1. The smallest absolute Gasteiger partial charge is 0.297 e. The maximum Gasteiger partial charge on any atom is 0.297 e. The van der Waals surface area contributed by atoms with Crippen molar-refractivity contribution >= 4 is 44.9 Å². The summed E-state index contributed by atoms with van der Waals surface area (Å²) in [7, 11) is -4.23. The van der Waals surface area contributed by atoms with Gasteiger partial charge in [-0.05, 0) is 82.1 Å². The van der Waals surface area contributed by atoms with Crippen LogP contribution in [0.4, 0.5) is 4.39 Å². The van der Waals surface area contributed by atoms with E-state index in [1.165, 1.54) is 18.2 Å². The van der Waals surface area contributed by atoms with Crippen LogP contribution in [0.1, 0.15) is 65.4 Å². The van der Waals surface area contributed by atoms with Gasteiger partial charge < -0.3 is 9.47 Å². The number of Topliss-reactive ketones (excluding diaryl/α,β-unsaturated/α-hetero) is 1. The molecule has 5 aliphatic rings. The Morgan fingerprint density at radius 1 is 1.12 bits per heavy atom. The normalized spacial score (nSPS) is 44.0. The number of ether oxygens (including phenoxy) is 2. The first kappa shape index (κ1) is 30.7. The number of aryl methyl sites for hydroxylation is 1. The highest BCUT2D eigenvalue weighted by molar-refractivity contribution is 7.86. The Balaban J connectivity index is 1.38. The molecule has 1 heterocycles. The second-order valence-electron chi connectivity index (χ2n) is 13.7. The van der Waals surface area contributed by atoms with Gasteiger partial charge in [0.05, 0.1) is 21.3 Å². The zero-order valence-corrected chi connectivity index (χ0v) is 26.7. The van der Waals surface area contributed by atoms with Crippen LogP contribution in [0, 0.1) is 29.6 Å². The van der Waals surface area contributed by atoms with Gasteiger partial charge in [0.15, 0.2) is 23.0 Å². The van der Waals surface area contributed by atoms with Gasteiger partial charge in [0.1, 0.15) is 12.8 Å². The van der Waals surface area contributed by atoms with Crippen molar-refractivity contribution in [3.05, 3.63) is 41.5 Å². The summed E-state index contributed by atoms with van der Waals surface area (Å²) in [5.74, 6) is -2.58. The molecule has 1 aromatic rings. The third-order valence-corrected chi connectivity index (χ3v) is 13.9. The number of fused-ring (bicyclic) bond motifs is 7. The number of carbonyl (C=O) groups is 2. The molecule has 0 unspecified atom stereocenters. The fourth-order valence-electron chi connectivity index (χ4n) is 9.10. The van der Waals surface area contributed by atoms with Crippen LogP contribution >= 0.6 is 23.2 Å². The summed E-state index contributed by atoms with van der Waals surface area (Å²) in [6.07, 6.45) is 0.622. The number of halogens is 3. The van der Waals surface area contributed by atoms with Crippen LogP contribution in [0.2, 0.25) is 0 Å². The fourth-order valence-corrected chi connectivity index (χ4v) is 11.2. The molecular formula is C31H37Cl2FO7S. The highest BCUT2D eigenvalue weighted by atomic mass is 35.5. The van der Waals surface area contributed by atoms with E-state index in [1.807, 2.05) is 20.8 Å². The number of hydrogen-bond donors (Lipinski definition) is 0. The SMILES string of the molecule is Cc1ccc(S(=O)(=O)OCC(=O)[C@@]23OC(C)(C)O[C@@H]2C[C@H]2[C@@H]4C[C@H](F)C5=CC(=O)CC[C@]5(C)[C@@]4(Cl)[C@@H](Cl)C[C@@]23C)cc1. The second-order valence-corrected chi connectivity index (χ2v) is 16.5. The minimum atomic E-state index is -4.23. The van der Waals surface area contributed by atoms with E-state index in [0.29, 0.717) is 18.4 Å². The van der Waals surface area contributed by atoms with Crippen molar-refractivity contribution in [1.29, 1.82) is 0 Å². The fraction of sp³-hybridized carbons (Fsp3) is 0.677. The lowest BCUT2D eigenvalue weighted by Gasteiger charge is -2.65. The van der Waals surface area contributed by atoms with Crippen LogP contribution in [0.3, 0.4) is 0 Å². The van der Waals surface area contributed by atoms with E-state index < -0.39 is 73.2 Å². The molecule has 0 N–H and O–H groups in total. The van der Waals surface area contributed by atoms with Crippen molar-refractivity contribution in [2.45, 2.75) is 106 Å². The van der Waals surface area contributed by atoms with Crippen LogP contribution in [0.25, 0.3) is 0 Å². The van der Waals surface area contributed by atoms with Crippen molar-refractivity contribution < 1.29 is 36.1 Å². The lowest BCUT2D eigenvalue weighted by atomic mass is 9.45. The van der Waals surface area contributed by atoms with Gasteiger partial charge in [0.2, 0.25) is 0 Å². The van der Waals surface area contributed by atoms with E-state index in [1.54, 1.807) is 26.0 Å². The molecule has 0 amide bonds. The molecule has 6 rings (SSSR count). The molecule has 7 nitrogen and oxygen atoms in total. The van der Waals surface area contributed by atoms with E-state index in [-0.39, 0.29) is 35.9 Å². The summed E-state index contributed by atoms with van der Waals surface area (Å²) in [5, 5.41) is -0.701. The van der Waals surface area contributed by atoms with Gasteiger partial charge in [-0.25, -0.2) is 4.39 Å².